The van der Waals surface area contributed by atoms with Gasteiger partial charge >= 0.3 is 6.03 Å². The third-order valence-electron chi connectivity index (χ3n) is 3.83. The second kappa shape index (κ2) is 8.89. The molecule has 6 nitrogen and oxygen atoms in total. The predicted octanol–water partition coefficient (Wildman–Crippen LogP) is 2.17. The van der Waals surface area contributed by atoms with E-state index in [1.807, 2.05) is 45.0 Å². The van der Waals surface area contributed by atoms with Crippen molar-refractivity contribution in [2.24, 2.45) is 5.92 Å². The zero-order chi connectivity index (χ0) is 18.4. The quantitative estimate of drug-likeness (QED) is 0.421. The van der Waals surface area contributed by atoms with Crippen molar-refractivity contribution in [2.75, 3.05) is 18.8 Å². The Morgan fingerprint density at radius 2 is 1.96 bits per heavy atom. The van der Waals surface area contributed by atoms with Crippen LogP contribution in [0.2, 0.25) is 0 Å². The van der Waals surface area contributed by atoms with E-state index in [9.17, 15) is 14.4 Å². The third kappa shape index (κ3) is 5.77. The molecule has 25 heavy (non-hydrogen) atoms. The maximum Gasteiger partial charge on any atom is 0.325 e. The average Bonchev–Trinajstić information content (AvgIpc) is 2.80. The molecule has 1 atom stereocenters. The molecular formula is C18H25N3O3S. The van der Waals surface area contributed by atoms with Crippen LogP contribution in [-0.2, 0) is 9.59 Å². The minimum absolute atomic E-state index is 0.228. The van der Waals surface area contributed by atoms with Crippen LogP contribution in [0.25, 0.3) is 0 Å². The first kappa shape index (κ1) is 19.3. The Labute approximate surface area is 152 Å². The van der Waals surface area contributed by atoms with Crippen molar-refractivity contribution in [1.82, 2.24) is 15.5 Å². The van der Waals surface area contributed by atoms with Crippen molar-refractivity contribution in [3.05, 3.63) is 29.8 Å². The zero-order valence-electron chi connectivity index (χ0n) is 14.9. The molecule has 4 amide bonds. The number of hydrogen-bond donors (Lipinski definition) is 2. The Hall–Kier alpha value is -2.02. The topological polar surface area (TPSA) is 78.5 Å². The van der Waals surface area contributed by atoms with E-state index in [1.54, 1.807) is 11.8 Å². The van der Waals surface area contributed by atoms with Gasteiger partial charge in [-0.05, 0) is 31.4 Å². The van der Waals surface area contributed by atoms with Crippen LogP contribution >= 0.6 is 11.8 Å². The molecule has 7 heteroatoms. The number of nitrogens with one attached hydrogen (secondary N) is 2. The smallest absolute Gasteiger partial charge is 0.325 e. The van der Waals surface area contributed by atoms with Crippen molar-refractivity contribution in [3.63, 3.8) is 0 Å². The van der Waals surface area contributed by atoms with Gasteiger partial charge in [0.05, 0.1) is 0 Å². The zero-order valence-corrected chi connectivity index (χ0v) is 15.7. The number of carbonyl (C=O) groups excluding carboxylic acids is 3. The largest absolute Gasteiger partial charge is 0.354 e. The van der Waals surface area contributed by atoms with Crippen LogP contribution in [0.3, 0.4) is 0 Å². The van der Waals surface area contributed by atoms with Crippen LogP contribution in [0.1, 0.15) is 25.8 Å². The van der Waals surface area contributed by atoms with Gasteiger partial charge in [0.25, 0.3) is 5.91 Å². The lowest BCUT2D eigenvalue weighted by Crippen LogP contribution is -2.41. The van der Waals surface area contributed by atoms with E-state index < -0.39 is 12.1 Å². The molecule has 1 heterocycles. The van der Waals surface area contributed by atoms with Gasteiger partial charge in [-0.25, -0.2) is 4.79 Å². The van der Waals surface area contributed by atoms with E-state index in [0.29, 0.717) is 18.9 Å². The summed E-state index contributed by atoms with van der Waals surface area (Å²) in [5, 5.41) is 5.39. The lowest BCUT2D eigenvalue weighted by Gasteiger charge is -2.13. The number of hydrogen-bond acceptors (Lipinski definition) is 4. The number of benzene rings is 1. The van der Waals surface area contributed by atoms with Gasteiger partial charge in [-0.1, -0.05) is 31.5 Å². The molecule has 0 bridgehead atoms. The summed E-state index contributed by atoms with van der Waals surface area (Å²) in [6.45, 7) is 6.27. The molecule has 0 aliphatic carbocycles. The van der Waals surface area contributed by atoms with Crippen LogP contribution < -0.4 is 10.6 Å². The average molecular weight is 363 g/mol. The van der Waals surface area contributed by atoms with Crippen molar-refractivity contribution >= 4 is 29.6 Å². The summed E-state index contributed by atoms with van der Waals surface area (Å²) in [5.74, 6) is 0.383. The number of nitrogens with zero attached hydrogens (tertiary/aromatic N) is 1. The van der Waals surface area contributed by atoms with Crippen molar-refractivity contribution in [3.8, 4) is 0 Å². The molecule has 0 saturated carbocycles. The molecule has 1 aliphatic rings. The lowest BCUT2D eigenvalue weighted by molar-refractivity contribution is -0.132. The van der Waals surface area contributed by atoms with Gasteiger partial charge in [-0.3, -0.25) is 14.5 Å². The highest BCUT2D eigenvalue weighted by Crippen LogP contribution is 2.17. The van der Waals surface area contributed by atoms with E-state index in [2.05, 4.69) is 10.6 Å². The molecule has 0 spiro atoms. The van der Waals surface area contributed by atoms with Crippen molar-refractivity contribution in [2.45, 2.75) is 38.1 Å². The van der Waals surface area contributed by atoms with Crippen LogP contribution in [0.5, 0.6) is 0 Å². The third-order valence-corrected chi connectivity index (χ3v) is 4.84. The van der Waals surface area contributed by atoms with Gasteiger partial charge in [0, 0.05) is 17.2 Å². The van der Waals surface area contributed by atoms with Crippen molar-refractivity contribution in [1.29, 1.82) is 0 Å². The molecule has 2 rings (SSSR count). The number of rotatable bonds is 8. The Morgan fingerprint density at radius 1 is 1.28 bits per heavy atom. The number of carbonyl (C=O) groups is 3. The minimum atomic E-state index is -0.516. The van der Waals surface area contributed by atoms with E-state index in [0.717, 1.165) is 15.5 Å². The molecule has 1 aliphatic heterocycles. The molecule has 136 valence electrons. The van der Waals surface area contributed by atoms with E-state index in [-0.39, 0.29) is 18.4 Å². The lowest BCUT2D eigenvalue weighted by atomic mass is 10.0. The normalized spacial score (nSPS) is 17.1. The summed E-state index contributed by atoms with van der Waals surface area (Å²) in [4.78, 5) is 38.2. The molecule has 1 aromatic carbocycles. The SMILES string of the molecule is Cc1ccc(SCCNC(=O)CN2C(=O)NC(CC(C)C)C2=O)cc1. The summed E-state index contributed by atoms with van der Waals surface area (Å²) >= 11 is 1.65. The fourth-order valence-corrected chi connectivity index (χ4v) is 3.32. The van der Waals surface area contributed by atoms with Gasteiger partial charge in [0.1, 0.15) is 12.6 Å². The van der Waals surface area contributed by atoms with E-state index in [1.165, 1.54) is 5.56 Å². The number of imide groups is 1. The number of aryl methyl sites for hydroxylation is 1. The summed E-state index contributed by atoms with van der Waals surface area (Å²) in [5.41, 5.74) is 1.21. The number of thioether (sulfide) groups is 1. The molecule has 1 fully saturated rings. The van der Waals surface area contributed by atoms with Crippen LogP contribution in [-0.4, -0.2) is 47.6 Å². The maximum absolute atomic E-state index is 12.2. The Morgan fingerprint density at radius 3 is 2.60 bits per heavy atom. The van der Waals surface area contributed by atoms with E-state index in [4.69, 9.17) is 0 Å². The minimum Gasteiger partial charge on any atom is -0.354 e. The molecule has 1 saturated heterocycles. The Balaban J connectivity index is 1.72. The predicted molar refractivity (Wildman–Crippen MR) is 98.4 cm³/mol. The highest BCUT2D eigenvalue weighted by Gasteiger charge is 2.38. The monoisotopic (exact) mass is 363 g/mol. The number of amides is 4. The number of urea groups is 1. The Bertz CT molecular complexity index is 631. The standard InChI is InChI=1S/C18H25N3O3S/c1-12(2)10-15-17(23)21(18(24)20-15)11-16(22)19-8-9-25-14-6-4-13(3)5-7-14/h4-7,12,15H,8-11H2,1-3H3,(H,19,22)(H,20,24). The van der Waals surface area contributed by atoms with Gasteiger partial charge in [0.15, 0.2) is 0 Å². The summed E-state index contributed by atoms with van der Waals surface area (Å²) in [6, 6.07) is 7.18. The van der Waals surface area contributed by atoms with E-state index >= 15 is 0 Å². The van der Waals surface area contributed by atoms with Gasteiger partial charge in [0.2, 0.25) is 5.91 Å². The highest BCUT2D eigenvalue weighted by atomic mass is 32.2. The molecule has 0 aromatic heterocycles. The van der Waals surface area contributed by atoms with Crippen LogP contribution in [0.4, 0.5) is 4.79 Å². The second-order valence-electron chi connectivity index (χ2n) is 6.57. The second-order valence-corrected chi connectivity index (χ2v) is 7.74. The van der Waals surface area contributed by atoms with Crippen LogP contribution in [0, 0.1) is 12.8 Å². The van der Waals surface area contributed by atoms with Gasteiger partial charge < -0.3 is 10.6 Å². The van der Waals surface area contributed by atoms with Crippen molar-refractivity contribution < 1.29 is 14.4 Å². The summed E-state index contributed by atoms with van der Waals surface area (Å²) in [6.07, 6.45) is 0.579. The van der Waals surface area contributed by atoms with Gasteiger partial charge in [-0.2, -0.15) is 0 Å². The fraction of sp³-hybridized carbons (Fsp3) is 0.500. The molecular weight excluding hydrogens is 338 g/mol. The Kier molecular flexibility index (Phi) is 6.87. The molecule has 0 radical (unpaired) electrons. The first-order chi connectivity index (χ1) is 11.9. The van der Waals surface area contributed by atoms with Crippen LogP contribution in [0.15, 0.2) is 29.2 Å². The molecule has 2 N–H and O–H groups in total. The van der Waals surface area contributed by atoms with Gasteiger partial charge in [-0.15, -0.1) is 11.8 Å². The summed E-state index contributed by atoms with van der Waals surface area (Å²) < 4.78 is 0. The highest BCUT2D eigenvalue weighted by molar-refractivity contribution is 7.99. The fourth-order valence-electron chi connectivity index (χ4n) is 2.55. The first-order valence-electron chi connectivity index (χ1n) is 8.45. The summed E-state index contributed by atoms with van der Waals surface area (Å²) in [7, 11) is 0. The maximum atomic E-state index is 12.2. The molecule has 1 aromatic rings. The first-order valence-corrected chi connectivity index (χ1v) is 9.43. The molecule has 1 unspecified atom stereocenters.